The second-order valence-corrected chi connectivity index (χ2v) is 6.61. The van der Waals surface area contributed by atoms with Crippen molar-refractivity contribution in [2.24, 2.45) is 17.8 Å². The fourth-order valence-electron chi connectivity index (χ4n) is 5.12. The maximum absolute atomic E-state index is 8.79. The van der Waals surface area contributed by atoms with Crippen LogP contribution in [-0.4, -0.2) is 9.97 Å². The highest BCUT2D eigenvalue weighted by molar-refractivity contribution is 5.26. The molecule has 4 fully saturated rings. The topological polar surface area (TPSA) is 49.6 Å². The summed E-state index contributed by atoms with van der Waals surface area (Å²) >= 11 is 0. The minimum absolute atomic E-state index is 0.295. The first-order valence-electron chi connectivity index (χ1n) is 7.00. The average molecular weight is 239 g/mol. The second-order valence-electron chi connectivity index (χ2n) is 6.61. The summed E-state index contributed by atoms with van der Waals surface area (Å²) in [7, 11) is 0. The molecule has 4 aliphatic carbocycles. The van der Waals surface area contributed by atoms with Crippen LogP contribution in [0.1, 0.15) is 49.9 Å². The van der Waals surface area contributed by atoms with Gasteiger partial charge in [-0.15, -0.1) is 0 Å². The number of rotatable bonds is 1. The van der Waals surface area contributed by atoms with Gasteiger partial charge in [-0.1, -0.05) is 0 Å². The Kier molecular flexibility index (Phi) is 2.06. The number of hydrogen-bond acceptors (Lipinski definition) is 3. The lowest BCUT2D eigenvalue weighted by Gasteiger charge is -2.56. The van der Waals surface area contributed by atoms with E-state index in [4.69, 9.17) is 5.26 Å². The van der Waals surface area contributed by atoms with E-state index in [0.717, 1.165) is 17.8 Å². The van der Waals surface area contributed by atoms with Gasteiger partial charge in [-0.25, -0.2) is 9.97 Å². The predicted octanol–water partition coefficient (Wildman–Crippen LogP) is 2.82. The fourth-order valence-corrected chi connectivity index (χ4v) is 5.12. The Hall–Kier alpha value is -1.43. The molecule has 0 saturated heterocycles. The smallest absolute Gasteiger partial charge is 0.227 e. The van der Waals surface area contributed by atoms with E-state index in [1.807, 2.05) is 18.5 Å². The molecule has 0 aromatic carbocycles. The van der Waals surface area contributed by atoms with E-state index in [1.165, 1.54) is 44.1 Å². The van der Waals surface area contributed by atoms with Gasteiger partial charge in [0.1, 0.15) is 6.07 Å². The summed E-state index contributed by atoms with van der Waals surface area (Å²) < 4.78 is 0. The zero-order chi connectivity index (χ0) is 12.2. The molecule has 1 aromatic heterocycles. The van der Waals surface area contributed by atoms with Crippen molar-refractivity contribution in [3.8, 4) is 6.07 Å². The SMILES string of the molecule is N#Cc1ncc(C23CC4CC(CC(C4)C2)C3)cn1. The molecule has 0 unspecified atom stereocenters. The lowest BCUT2D eigenvalue weighted by Crippen LogP contribution is -2.48. The number of hydrogen-bond donors (Lipinski definition) is 0. The van der Waals surface area contributed by atoms with Gasteiger partial charge in [0.15, 0.2) is 0 Å². The maximum Gasteiger partial charge on any atom is 0.232 e. The lowest BCUT2D eigenvalue weighted by molar-refractivity contribution is -0.00550. The Morgan fingerprint density at radius 2 is 1.50 bits per heavy atom. The average Bonchev–Trinajstić information content (AvgIpc) is 2.37. The van der Waals surface area contributed by atoms with Crippen LogP contribution in [0.5, 0.6) is 0 Å². The number of nitrogens with zero attached hydrogens (tertiary/aromatic N) is 3. The molecule has 18 heavy (non-hydrogen) atoms. The van der Waals surface area contributed by atoms with E-state index < -0.39 is 0 Å². The van der Waals surface area contributed by atoms with Crippen molar-refractivity contribution in [1.29, 1.82) is 5.26 Å². The van der Waals surface area contributed by atoms with Gasteiger partial charge in [0.05, 0.1) is 0 Å². The first-order chi connectivity index (χ1) is 8.77. The molecule has 1 heterocycles. The van der Waals surface area contributed by atoms with Crippen molar-refractivity contribution in [2.45, 2.75) is 43.9 Å². The van der Waals surface area contributed by atoms with E-state index in [1.54, 1.807) is 0 Å². The van der Waals surface area contributed by atoms with Crippen molar-refractivity contribution in [2.75, 3.05) is 0 Å². The highest BCUT2D eigenvalue weighted by Gasteiger charge is 2.51. The molecule has 5 rings (SSSR count). The summed E-state index contributed by atoms with van der Waals surface area (Å²) in [6, 6.07) is 2.01. The van der Waals surface area contributed by atoms with Crippen LogP contribution < -0.4 is 0 Å². The zero-order valence-corrected chi connectivity index (χ0v) is 10.5. The minimum atomic E-state index is 0.295. The van der Waals surface area contributed by atoms with Crippen molar-refractivity contribution < 1.29 is 0 Å². The highest BCUT2D eigenvalue weighted by Crippen LogP contribution is 2.60. The number of aromatic nitrogens is 2. The van der Waals surface area contributed by atoms with Crippen LogP contribution in [0.25, 0.3) is 0 Å². The summed E-state index contributed by atoms with van der Waals surface area (Å²) in [6.45, 7) is 0. The van der Waals surface area contributed by atoms with Crippen LogP contribution in [0.2, 0.25) is 0 Å². The van der Waals surface area contributed by atoms with Crippen LogP contribution in [0.4, 0.5) is 0 Å². The number of nitriles is 1. The summed E-state index contributed by atoms with van der Waals surface area (Å²) in [5.74, 6) is 3.11. The van der Waals surface area contributed by atoms with Crippen LogP contribution >= 0.6 is 0 Å². The highest BCUT2D eigenvalue weighted by atomic mass is 14.9. The Morgan fingerprint density at radius 3 is 1.94 bits per heavy atom. The van der Waals surface area contributed by atoms with E-state index >= 15 is 0 Å². The van der Waals surface area contributed by atoms with Gasteiger partial charge in [0.2, 0.25) is 5.82 Å². The second kappa shape index (κ2) is 3.54. The summed E-state index contributed by atoms with van der Waals surface area (Å²) in [6.07, 6.45) is 12.2. The molecule has 92 valence electrons. The molecular formula is C15H17N3. The van der Waals surface area contributed by atoms with Crippen LogP contribution in [-0.2, 0) is 5.41 Å². The molecule has 3 heteroatoms. The van der Waals surface area contributed by atoms with Gasteiger partial charge in [0.25, 0.3) is 0 Å². The predicted molar refractivity (Wildman–Crippen MR) is 66.6 cm³/mol. The van der Waals surface area contributed by atoms with E-state index in [0.29, 0.717) is 11.2 Å². The van der Waals surface area contributed by atoms with Gasteiger partial charge in [-0.2, -0.15) is 5.26 Å². The van der Waals surface area contributed by atoms with E-state index in [9.17, 15) is 0 Å². The van der Waals surface area contributed by atoms with Gasteiger partial charge >= 0.3 is 0 Å². The van der Waals surface area contributed by atoms with E-state index in [2.05, 4.69) is 9.97 Å². The van der Waals surface area contributed by atoms with E-state index in [-0.39, 0.29) is 0 Å². The Morgan fingerprint density at radius 1 is 1.00 bits per heavy atom. The molecule has 4 bridgehead atoms. The van der Waals surface area contributed by atoms with Crippen molar-refractivity contribution in [3.63, 3.8) is 0 Å². The first kappa shape index (κ1) is 10.5. The minimum Gasteiger partial charge on any atom is -0.227 e. The van der Waals surface area contributed by atoms with Gasteiger partial charge in [-0.05, 0) is 67.3 Å². The zero-order valence-electron chi connectivity index (χ0n) is 10.5. The largest absolute Gasteiger partial charge is 0.232 e. The molecule has 0 aliphatic heterocycles. The normalized spacial score (nSPS) is 40.7. The third-order valence-electron chi connectivity index (χ3n) is 5.40. The molecule has 4 saturated carbocycles. The molecule has 0 amide bonds. The third kappa shape index (κ3) is 1.41. The molecule has 0 radical (unpaired) electrons. The van der Waals surface area contributed by atoms with Crippen molar-refractivity contribution in [1.82, 2.24) is 9.97 Å². The molecule has 0 atom stereocenters. The van der Waals surface area contributed by atoms with Crippen molar-refractivity contribution in [3.05, 3.63) is 23.8 Å². The molecule has 0 spiro atoms. The van der Waals surface area contributed by atoms with Crippen LogP contribution in [0.3, 0.4) is 0 Å². The lowest BCUT2D eigenvalue weighted by atomic mass is 9.48. The Balaban J connectivity index is 1.72. The van der Waals surface area contributed by atoms with Gasteiger partial charge in [-0.3, -0.25) is 0 Å². The quantitative estimate of drug-likeness (QED) is 0.757. The summed E-state index contributed by atoms with van der Waals surface area (Å²) in [5.41, 5.74) is 1.64. The van der Waals surface area contributed by atoms with Gasteiger partial charge < -0.3 is 0 Å². The summed E-state index contributed by atoms with van der Waals surface area (Å²) in [4.78, 5) is 8.36. The summed E-state index contributed by atoms with van der Waals surface area (Å²) in [5, 5.41) is 8.79. The standard InChI is InChI=1S/C15H17N3/c16-7-14-17-8-13(9-18-14)15-4-10-1-11(5-15)3-12(2-10)6-15/h8-12H,1-6H2. The Bertz CT molecular complexity index is 476. The first-order valence-corrected chi connectivity index (χ1v) is 7.00. The third-order valence-corrected chi connectivity index (χ3v) is 5.40. The molecular weight excluding hydrogens is 222 g/mol. The molecule has 3 nitrogen and oxygen atoms in total. The monoisotopic (exact) mass is 239 g/mol. The van der Waals surface area contributed by atoms with Crippen LogP contribution in [0.15, 0.2) is 12.4 Å². The van der Waals surface area contributed by atoms with Gasteiger partial charge in [0, 0.05) is 12.4 Å². The van der Waals surface area contributed by atoms with Crippen molar-refractivity contribution >= 4 is 0 Å². The molecule has 0 N–H and O–H groups in total. The fraction of sp³-hybridized carbons (Fsp3) is 0.667. The molecule has 1 aromatic rings. The molecule has 4 aliphatic rings. The van der Waals surface area contributed by atoms with Crippen LogP contribution in [0, 0.1) is 29.1 Å². The maximum atomic E-state index is 8.79. The Labute approximate surface area is 107 Å².